The van der Waals surface area contributed by atoms with E-state index in [4.69, 9.17) is 4.74 Å². The first-order valence-electron chi connectivity index (χ1n) is 5.76. The van der Waals surface area contributed by atoms with E-state index in [2.05, 4.69) is 9.97 Å². The van der Waals surface area contributed by atoms with E-state index >= 15 is 0 Å². The molecule has 2 heterocycles. The minimum Gasteiger partial charge on any atom is -0.492 e. The van der Waals surface area contributed by atoms with Gasteiger partial charge in [0.05, 0.1) is 12.8 Å². The molecule has 0 aliphatic heterocycles. The van der Waals surface area contributed by atoms with Crippen molar-refractivity contribution in [3.63, 3.8) is 0 Å². The minimum absolute atomic E-state index is 0.0883. The van der Waals surface area contributed by atoms with Crippen molar-refractivity contribution in [2.24, 2.45) is 0 Å². The number of carbonyl (C=O) groups excluding carboxylic acids is 1. The van der Waals surface area contributed by atoms with Crippen LogP contribution >= 0.6 is 0 Å². The Hall–Kier alpha value is -2.23. The summed E-state index contributed by atoms with van der Waals surface area (Å²) in [4.78, 5) is 20.4. The molecule has 0 radical (unpaired) electrons. The molecule has 0 atom stereocenters. The molecule has 0 fully saturated rings. The van der Waals surface area contributed by atoms with Gasteiger partial charge in [0.2, 0.25) is 0 Å². The van der Waals surface area contributed by atoms with Gasteiger partial charge in [-0.05, 0) is 32.0 Å². The van der Waals surface area contributed by atoms with E-state index in [1.807, 2.05) is 13.8 Å². The molecule has 2 aromatic rings. The molecule has 2 aromatic heterocycles. The molecule has 18 heavy (non-hydrogen) atoms. The van der Waals surface area contributed by atoms with Gasteiger partial charge in [0.1, 0.15) is 5.75 Å². The van der Waals surface area contributed by atoms with Gasteiger partial charge in [0.15, 0.2) is 5.78 Å². The summed E-state index contributed by atoms with van der Waals surface area (Å²) < 4.78 is 5.33. The van der Waals surface area contributed by atoms with Gasteiger partial charge in [-0.3, -0.25) is 14.8 Å². The van der Waals surface area contributed by atoms with Crippen LogP contribution in [0.2, 0.25) is 0 Å². The zero-order valence-electron chi connectivity index (χ0n) is 10.4. The van der Waals surface area contributed by atoms with Crippen LogP contribution in [0.15, 0.2) is 36.8 Å². The lowest BCUT2D eigenvalue weighted by molar-refractivity contribution is 0.103. The van der Waals surface area contributed by atoms with Crippen molar-refractivity contribution in [2.75, 3.05) is 6.61 Å². The minimum atomic E-state index is -0.0883. The Morgan fingerprint density at radius 3 is 2.94 bits per heavy atom. The maximum atomic E-state index is 12.3. The van der Waals surface area contributed by atoms with Crippen LogP contribution in [-0.4, -0.2) is 22.4 Å². The third-order valence-electron chi connectivity index (χ3n) is 2.54. The van der Waals surface area contributed by atoms with Gasteiger partial charge in [0.25, 0.3) is 0 Å². The Labute approximate surface area is 106 Å². The predicted molar refractivity (Wildman–Crippen MR) is 67.8 cm³/mol. The van der Waals surface area contributed by atoms with Crippen molar-refractivity contribution in [1.82, 2.24) is 9.97 Å². The summed E-state index contributed by atoms with van der Waals surface area (Å²) in [6.07, 6.45) is 4.80. The van der Waals surface area contributed by atoms with Crippen molar-refractivity contribution >= 4 is 5.78 Å². The molecule has 0 aliphatic rings. The van der Waals surface area contributed by atoms with Gasteiger partial charge in [-0.1, -0.05) is 0 Å². The van der Waals surface area contributed by atoms with Gasteiger partial charge < -0.3 is 4.74 Å². The highest BCUT2D eigenvalue weighted by Gasteiger charge is 2.13. The molecule has 0 aliphatic carbocycles. The van der Waals surface area contributed by atoms with Crippen LogP contribution in [0, 0.1) is 6.92 Å². The van der Waals surface area contributed by atoms with Gasteiger partial charge in [0, 0.05) is 29.2 Å². The molecule has 0 spiro atoms. The fourth-order valence-corrected chi connectivity index (χ4v) is 1.67. The van der Waals surface area contributed by atoms with Crippen LogP contribution in [0.3, 0.4) is 0 Å². The maximum Gasteiger partial charge on any atom is 0.196 e. The van der Waals surface area contributed by atoms with E-state index in [0.717, 1.165) is 0 Å². The highest BCUT2D eigenvalue weighted by atomic mass is 16.5. The van der Waals surface area contributed by atoms with Gasteiger partial charge in [-0.2, -0.15) is 0 Å². The van der Waals surface area contributed by atoms with Gasteiger partial charge in [-0.25, -0.2) is 0 Å². The highest BCUT2D eigenvalue weighted by molar-refractivity contribution is 6.09. The van der Waals surface area contributed by atoms with E-state index in [0.29, 0.717) is 29.2 Å². The molecule has 0 unspecified atom stereocenters. The van der Waals surface area contributed by atoms with Crippen LogP contribution in [0.25, 0.3) is 0 Å². The standard InChI is InChI=1S/C14H14N2O2/c1-3-18-12-7-11(8-15-9-12)14(17)13-5-4-6-16-10(13)2/h4-9H,3H2,1-2H3. The first-order valence-corrected chi connectivity index (χ1v) is 5.76. The molecule has 4 nitrogen and oxygen atoms in total. The van der Waals surface area contributed by atoms with Crippen LogP contribution in [0.1, 0.15) is 28.5 Å². The van der Waals surface area contributed by atoms with E-state index in [-0.39, 0.29) is 5.78 Å². The second-order valence-electron chi connectivity index (χ2n) is 3.81. The smallest absolute Gasteiger partial charge is 0.196 e. The first-order chi connectivity index (χ1) is 8.72. The number of pyridine rings is 2. The Kier molecular flexibility index (Phi) is 3.67. The first kappa shape index (κ1) is 12.2. The molecular formula is C14H14N2O2. The SMILES string of the molecule is CCOc1cncc(C(=O)c2cccnc2C)c1. The van der Waals surface area contributed by atoms with Gasteiger partial charge in [-0.15, -0.1) is 0 Å². The molecule has 4 heteroatoms. The number of hydrogen-bond donors (Lipinski definition) is 0. The van der Waals surface area contributed by atoms with E-state index < -0.39 is 0 Å². The Morgan fingerprint density at radius 2 is 2.22 bits per heavy atom. The zero-order chi connectivity index (χ0) is 13.0. The van der Waals surface area contributed by atoms with E-state index in [1.165, 1.54) is 6.20 Å². The van der Waals surface area contributed by atoms with Crippen LogP contribution < -0.4 is 4.74 Å². The molecule has 0 N–H and O–H groups in total. The molecule has 0 amide bonds. The lowest BCUT2D eigenvalue weighted by Crippen LogP contribution is -2.06. The molecule has 92 valence electrons. The third-order valence-corrected chi connectivity index (χ3v) is 2.54. The Balaban J connectivity index is 2.34. The summed E-state index contributed by atoms with van der Waals surface area (Å²) in [6, 6.07) is 5.21. The number of rotatable bonds is 4. The second kappa shape index (κ2) is 5.40. The fourth-order valence-electron chi connectivity index (χ4n) is 1.67. The van der Waals surface area contributed by atoms with Crippen LogP contribution in [-0.2, 0) is 0 Å². The van der Waals surface area contributed by atoms with Gasteiger partial charge >= 0.3 is 0 Å². The Bertz CT molecular complexity index is 567. The summed E-state index contributed by atoms with van der Waals surface area (Å²) in [5.74, 6) is 0.513. The Morgan fingerprint density at radius 1 is 1.39 bits per heavy atom. The third kappa shape index (κ3) is 2.53. The molecule has 0 aromatic carbocycles. The normalized spacial score (nSPS) is 10.1. The van der Waals surface area contributed by atoms with Crippen molar-refractivity contribution in [2.45, 2.75) is 13.8 Å². The molecule has 0 saturated carbocycles. The van der Waals surface area contributed by atoms with E-state index in [9.17, 15) is 4.79 Å². The summed E-state index contributed by atoms with van der Waals surface area (Å²) in [5, 5.41) is 0. The van der Waals surface area contributed by atoms with Crippen molar-refractivity contribution in [3.8, 4) is 5.75 Å². The maximum absolute atomic E-state index is 12.3. The number of carbonyl (C=O) groups is 1. The zero-order valence-corrected chi connectivity index (χ0v) is 10.4. The second-order valence-corrected chi connectivity index (χ2v) is 3.81. The largest absolute Gasteiger partial charge is 0.492 e. The topological polar surface area (TPSA) is 52.1 Å². The monoisotopic (exact) mass is 242 g/mol. The summed E-state index contributed by atoms with van der Waals surface area (Å²) in [7, 11) is 0. The predicted octanol–water partition coefficient (Wildman–Crippen LogP) is 2.41. The average Bonchev–Trinajstić information content (AvgIpc) is 2.39. The number of aryl methyl sites for hydroxylation is 1. The van der Waals surface area contributed by atoms with E-state index in [1.54, 1.807) is 30.6 Å². The van der Waals surface area contributed by atoms with Crippen molar-refractivity contribution < 1.29 is 9.53 Å². The number of ether oxygens (including phenoxy) is 1. The number of ketones is 1. The van der Waals surface area contributed by atoms with Crippen LogP contribution in [0.5, 0.6) is 5.75 Å². The summed E-state index contributed by atoms with van der Waals surface area (Å²) >= 11 is 0. The highest BCUT2D eigenvalue weighted by Crippen LogP contribution is 2.16. The number of nitrogens with zero attached hydrogens (tertiary/aromatic N) is 2. The van der Waals surface area contributed by atoms with Crippen molar-refractivity contribution in [1.29, 1.82) is 0 Å². The molecule has 0 bridgehead atoms. The number of aromatic nitrogens is 2. The number of hydrogen-bond acceptors (Lipinski definition) is 4. The average molecular weight is 242 g/mol. The van der Waals surface area contributed by atoms with Crippen molar-refractivity contribution in [3.05, 3.63) is 53.6 Å². The fraction of sp³-hybridized carbons (Fsp3) is 0.214. The lowest BCUT2D eigenvalue weighted by atomic mass is 10.0. The molecule has 2 rings (SSSR count). The summed E-state index contributed by atoms with van der Waals surface area (Å²) in [5.41, 5.74) is 1.81. The quantitative estimate of drug-likeness (QED) is 0.772. The lowest BCUT2D eigenvalue weighted by Gasteiger charge is -2.06. The summed E-state index contributed by atoms with van der Waals surface area (Å²) in [6.45, 7) is 4.25. The molecule has 0 saturated heterocycles. The van der Waals surface area contributed by atoms with Crippen LogP contribution in [0.4, 0.5) is 0 Å². The molecular weight excluding hydrogens is 228 g/mol.